The van der Waals surface area contributed by atoms with Gasteiger partial charge in [0.05, 0.1) is 16.8 Å². The van der Waals surface area contributed by atoms with Crippen LogP contribution in [0, 0.1) is 6.92 Å². The van der Waals surface area contributed by atoms with E-state index in [9.17, 15) is 0 Å². The summed E-state index contributed by atoms with van der Waals surface area (Å²) in [5.74, 6) is 0.411. The SMILES string of the molecule is Cc1ccc(-n2cc(-c3ccc(-c4n[nH]nc4N)s3)cn2)cc1. The van der Waals surface area contributed by atoms with Crippen molar-refractivity contribution in [2.45, 2.75) is 6.92 Å². The molecule has 7 heteroatoms. The second kappa shape index (κ2) is 5.36. The third-order valence-corrected chi connectivity index (χ3v) is 4.72. The topological polar surface area (TPSA) is 85.4 Å². The van der Waals surface area contributed by atoms with Gasteiger partial charge in [-0.3, -0.25) is 0 Å². The highest BCUT2D eigenvalue weighted by Crippen LogP contribution is 2.35. The van der Waals surface area contributed by atoms with Crippen molar-refractivity contribution in [3.63, 3.8) is 0 Å². The molecule has 0 aliphatic carbocycles. The number of nitrogens with one attached hydrogen (secondary N) is 1. The molecule has 0 aliphatic heterocycles. The van der Waals surface area contributed by atoms with E-state index in [1.165, 1.54) is 5.56 Å². The largest absolute Gasteiger partial charge is 0.380 e. The molecule has 23 heavy (non-hydrogen) atoms. The molecule has 0 unspecified atom stereocenters. The molecule has 3 N–H and O–H groups in total. The van der Waals surface area contributed by atoms with Crippen LogP contribution in [0.1, 0.15) is 5.56 Å². The van der Waals surface area contributed by atoms with Gasteiger partial charge in [-0.25, -0.2) is 4.68 Å². The van der Waals surface area contributed by atoms with E-state index in [1.54, 1.807) is 11.3 Å². The van der Waals surface area contributed by atoms with Gasteiger partial charge in [-0.05, 0) is 31.2 Å². The number of hydrogen-bond acceptors (Lipinski definition) is 5. The van der Waals surface area contributed by atoms with Crippen LogP contribution in [0.4, 0.5) is 5.82 Å². The molecule has 0 atom stereocenters. The zero-order valence-corrected chi connectivity index (χ0v) is 13.2. The highest BCUT2D eigenvalue weighted by atomic mass is 32.1. The van der Waals surface area contributed by atoms with Crippen LogP contribution < -0.4 is 5.73 Å². The van der Waals surface area contributed by atoms with E-state index in [0.29, 0.717) is 11.5 Å². The van der Waals surface area contributed by atoms with E-state index in [1.807, 2.05) is 29.2 Å². The number of rotatable bonds is 3. The highest BCUT2D eigenvalue weighted by molar-refractivity contribution is 7.18. The van der Waals surface area contributed by atoms with Gasteiger partial charge in [-0.15, -0.1) is 16.4 Å². The third-order valence-electron chi connectivity index (χ3n) is 3.58. The molecular weight excluding hydrogens is 308 g/mol. The number of hydrogen-bond donors (Lipinski definition) is 2. The number of nitrogens with zero attached hydrogens (tertiary/aromatic N) is 4. The van der Waals surface area contributed by atoms with E-state index in [2.05, 4.69) is 51.7 Å². The first kappa shape index (κ1) is 13.7. The van der Waals surface area contributed by atoms with Crippen molar-refractivity contribution in [2.75, 3.05) is 5.73 Å². The molecule has 4 aromatic rings. The molecule has 0 saturated carbocycles. The van der Waals surface area contributed by atoms with Gasteiger partial charge in [0, 0.05) is 16.6 Å². The summed E-state index contributed by atoms with van der Waals surface area (Å²) in [6.45, 7) is 2.07. The van der Waals surface area contributed by atoms with Gasteiger partial charge in [0.1, 0.15) is 5.69 Å². The summed E-state index contributed by atoms with van der Waals surface area (Å²) in [4.78, 5) is 2.09. The average molecular weight is 322 g/mol. The Bertz CT molecular complexity index is 947. The summed E-state index contributed by atoms with van der Waals surface area (Å²) < 4.78 is 1.87. The second-order valence-corrected chi connectivity index (χ2v) is 6.31. The average Bonchev–Trinajstić information content (AvgIpc) is 3.26. The molecule has 1 aromatic carbocycles. The minimum absolute atomic E-state index is 0.411. The number of aryl methyl sites for hydroxylation is 1. The summed E-state index contributed by atoms with van der Waals surface area (Å²) in [5.41, 5.74) is 9.82. The van der Waals surface area contributed by atoms with Crippen molar-refractivity contribution in [1.82, 2.24) is 25.2 Å². The standard InChI is InChI=1S/C16H14N6S/c1-10-2-4-12(5-3-10)22-9-11(8-18-22)13-6-7-14(23-13)15-16(17)20-21-19-15/h2-9H,1H3,(H3,17,19,20,21). The Balaban J connectivity index is 1.66. The quantitative estimate of drug-likeness (QED) is 0.606. The first-order valence-electron chi connectivity index (χ1n) is 7.09. The second-order valence-electron chi connectivity index (χ2n) is 5.23. The fourth-order valence-electron chi connectivity index (χ4n) is 2.33. The summed E-state index contributed by atoms with van der Waals surface area (Å²) >= 11 is 1.61. The molecule has 0 radical (unpaired) electrons. The maximum Gasteiger partial charge on any atom is 0.174 e. The predicted octanol–water partition coefficient (Wildman–Crippen LogP) is 3.28. The number of benzene rings is 1. The summed E-state index contributed by atoms with van der Waals surface area (Å²) in [6, 6.07) is 12.3. The first-order valence-corrected chi connectivity index (χ1v) is 7.91. The predicted molar refractivity (Wildman–Crippen MR) is 91.4 cm³/mol. The number of nitrogen functional groups attached to an aromatic ring is 1. The van der Waals surface area contributed by atoms with Gasteiger partial charge in [0.2, 0.25) is 0 Å². The Morgan fingerprint density at radius 1 is 1.04 bits per heavy atom. The normalized spacial score (nSPS) is 11.0. The Morgan fingerprint density at radius 2 is 1.83 bits per heavy atom. The molecular formula is C16H14N6S. The lowest BCUT2D eigenvalue weighted by atomic mass is 10.2. The zero-order valence-electron chi connectivity index (χ0n) is 12.4. The van der Waals surface area contributed by atoms with Crippen LogP contribution in [0.15, 0.2) is 48.8 Å². The number of thiophene rings is 1. The van der Waals surface area contributed by atoms with Gasteiger partial charge < -0.3 is 5.73 Å². The molecule has 3 heterocycles. The third kappa shape index (κ3) is 2.51. The van der Waals surface area contributed by atoms with E-state index >= 15 is 0 Å². The van der Waals surface area contributed by atoms with Crippen LogP contribution >= 0.6 is 11.3 Å². The minimum atomic E-state index is 0.411. The van der Waals surface area contributed by atoms with Crippen molar-refractivity contribution in [2.24, 2.45) is 0 Å². The lowest BCUT2D eigenvalue weighted by Crippen LogP contribution is -1.93. The molecule has 0 aliphatic rings. The van der Waals surface area contributed by atoms with E-state index in [-0.39, 0.29) is 0 Å². The summed E-state index contributed by atoms with van der Waals surface area (Å²) in [6.07, 6.45) is 3.88. The van der Waals surface area contributed by atoms with Gasteiger partial charge in [0.15, 0.2) is 5.82 Å². The van der Waals surface area contributed by atoms with Gasteiger partial charge in [-0.2, -0.15) is 15.4 Å². The van der Waals surface area contributed by atoms with E-state index < -0.39 is 0 Å². The fraction of sp³-hybridized carbons (Fsp3) is 0.0625. The van der Waals surface area contributed by atoms with Crippen LogP contribution in [-0.2, 0) is 0 Å². The molecule has 0 saturated heterocycles. The van der Waals surface area contributed by atoms with Gasteiger partial charge in [0.25, 0.3) is 0 Å². The van der Waals surface area contributed by atoms with Crippen molar-refractivity contribution in [1.29, 1.82) is 0 Å². The van der Waals surface area contributed by atoms with E-state index in [0.717, 1.165) is 21.0 Å². The summed E-state index contributed by atoms with van der Waals surface area (Å²) in [5, 5.41) is 14.9. The fourth-order valence-corrected chi connectivity index (χ4v) is 3.31. The van der Waals surface area contributed by atoms with Crippen LogP contribution in [0.2, 0.25) is 0 Å². The van der Waals surface area contributed by atoms with Crippen LogP contribution in [-0.4, -0.2) is 25.2 Å². The lowest BCUT2D eigenvalue weighted by Gasteiger charge is -2.00. The number of H-pyrrole nitrogens is 1. The number of nitrogens with two attached hydrogens (primary N) is 1. The van der Waals surface area contributed by atoms with Gasteiger partial charge in [-0.1, -0.05) is 17.7 Å². The maximum atomic E-state index is 5.80. The zero-order chi connectivity index (χ0) is 15.8. The van der Waals surface area contributed by atoms with Crippen molar-refractivity contribution in [3.05, 3.63) is 54.4 Å². The number of anilines is 1. The smallest absolute Gasteiger partial charge is 0.174 e. The van der Waals surface area contributed by atoms with Crippen molar-refractivity contribution < 1.29 is 0 Å². The van der Waals surface area contributed by atoms with Gasteiger partial charge >= 0.3 is 0 Å². The Hall–Kier alpha value is -2.93. The summed E-state index contributed by atoms with van der Waals surface area (Å²) in [7, 11) is 0. The van der Waals surface area contributed by atoms with E-state index in [4.69, 9.17) is 5.73 Å². The number of aromatic amines is 1. The molecule has 0 amide bonds. The Labute approximate surface area is 136 Å². The Morgan fingerprint density at radius 3 is 2.57 bits per heavy atom. The molecule has 0 bridgehead atoms. The van der Waals surface area contributed by atoms with Crippen LogP contribution in [0.3, 0.4) is 0 Å². The highest BCUT2D eigenvalue weighted by Gasteiger charge is 2.12. The molecule has 114 valence electrons. The first-order chi connectivity index (χ1) is 11.2. The molecule has 0 fully saturated rings. The van der Waals surface area contributed by atoms with Crippen molar-refractivity contribution >= 4 is 17.2 Å². The van der Waals surface area contributed by atoms with Crippen LogP contribution in [0.25, 0.3) is 26.7 Å². The number of aromatic nitrogens is 5. The minimum Gasteiger partial charge on any atom is -0.380 e. The van der Waals surface area contributed by atoms with Crippen molar-refractivity contribution in [3.8, 4) is 26.7 Å². The molecule has 3 aromatic heterocycles. The monoisotopic (exact) mass is 322 g/mol. The maximum absolute atomic E-state index is 5.80. The molecule has 4 rings (SSSR count). The van der Waals surface area contributed by atoms with Crippen LogP contribution in [0.5, 0.6) is 0 Å². The lowest BCUT2D eigenvalue weighted by molar-refractivity contribution is 0.880. The molecule has 6 nitrogen and oxygen atoms in total. The molecule has 0 spiro atoms. The Kier molecular flexibility index (Phi) is 3.20.